The molecular weight excluding hydrogens is 494 g/mol. The fraction of sp³-hybridized carbons (Fsp3) is 0.172. The van der Waals surface area contributed by atoms with Gasteiger partial charge < -0.3 is 9.84 Å². The van der Waals surface area contributed by atoms with Crippen LogP contribution in [0.25, 0.3) is 22.3 Å². The van der Waals surface area contributed by atoms with E-state index in [1.807, 2.05) is 78.2 Å². The molecule has 7 heteroatoms. The van der Waals surface area contributed by atoms with Crippen molar-refractivity contribution in [2.24, 2.45) is 0 Å². The van der Waals surface area contributed by atoms with E-state index in [9.17, 15) is 14.7 Å². The van der Waals surface area contributed by atoms with Gasteiger partial charge in [-0.3, -0.25) is 10.1 Å². The first-order chi connectivity index (χ1) is 17.4. The molecule has 1 heterocycles. The predicted octanol–water partition coefficient (Wildman–Crippen LogP) is 8.16. The van der Waals surface area contributed by atoms with Crippen LogP contribution in [0.3, 0.4) is 0 Å². The smallest absolute Gasteiger partial charge is 0.412 e. The van der Waals surface area contributed by atoms with Crippen molar-refractivity contribution in [3.63, 3.8) is 0 Å². The minimum absolute atomic E-state index is 0.488. The van der Waals surface area contributed by atoms with E-state index >= 15 is 0 Å². The van der Waals surface area contributed by atoms with Crippen LogP contribution < -0.4 is 5.32 Å². The molecule has 4 aromatic rings. The topological polar surface area (TPSA) is 75.6 Å². The molecule has 1 aromatic heterocycles. The molecular formula is C29H24ClNO4S. The number of anilines is 1. The summed E-state index contributed by atoms with van der Waals surface area (Å²) in [4.78, 5) is 24.1. The molecule has 1 aliphatic carbocycles. The second kappa shape index (κ2) is 9.80. The molecule has 2 N–H and O–H groups in total. The van der Waals surface area contributed by atoms with Crippen LogP contribution in [-0.2, 0) is 14.9 Å². The fourth-order valence-corrected chi connectivity index (χ4v) is 5.44. The summed E-state index contributed by atoms with van der Waals surface area (Å²) in [6, 6.07) is 25.1. The van der Waals surface area contributed by atoms with E-state index in [-0.39, 0.29) is 0 Å². The largest absolute Gasteiger partial charge is 0.481 e. The van der Waals surface area contributed by atoms with Crippen LogP contribution in [0.15, 0.2) is 84.2 Å². The molecule has 3 aromatic carbocycles. The number of carboxylic acids is 1. The summed E-state index contributed by atoms with van der Waals surface area (Å²) in [5, 5.41) is 15.5. The van der Waals surface area contributed by atoms with Crippen LogP contribution in [0.1, 0.15) is 37.0 Å². The number of carbonyl (C=O) groups is 2. The van der Waals surface area contributed by atoms with Crippen molar-refractivity contribution in [3.8, 4) is 22.3 Å². The van der Waals surface area contributed by atoms with E-state index in [1.54, 1.807) is 13.0 Å². The molecule has 0 aliphatic heterocycles. The van der Waals surface area contributed by atoms with Crippen molar-refractivity contribution in [3.05, 3.63) is 100 Å². The molecule has 1 atom stereocenters. The maximum atomic E-state index is 12.6. The molecule has 0 spiro atoms. The number of thiophene rings is 1. The molecule has 1 aliphatic rings. The number of carboxylic acid groups (broad SMARTS) is 1. The second-order valence-corrected chi connectivity index (χ2v) is 10.2. The molecule has 0 radical (unpaired) electrons. The minimum atomic E-state index is -0.748. The quantitative estimate of drug-likeness (QED) is 0.259. The lowest BCUT2D eigenvalue weighted by atomic mass is 9.93. The predicted molar refractivity (Wildman–Crippen MR) is 144 cm³/mol. The molecule has 0 unspecified atom stereocenters. The molecule has 5 rings (SSSR count). The molecule has 1 fully saturated rings. The van der Waals surface area contributed by atoms with Crippen molar-refractivity contribution >= 4 is 40.0 Å². The van der Waals surface area contributed by atoms with E-state index in [0.29, 0.717) is 22.9 Å². The number of hydrogen-bond donors (Lipinski definition) is 2. The first kappa shape index (κ1) is 24.1. The maximum absolute atomic E-state index is 12.6. The Morgan fingerprint density at radius 1 is 0.944 bits per heavy atom. The van der Waals surface area contributed by atoms with Gasteiger partial charge >= 0.3 is 12.1 Å². The van der Waals surface area contributed by atoms with Gasteiger partial charge in [0.25, 0.3) is 0 Å². The van der Waals surface area contributed by atoms with Crippen molar-refractivity contribution in [2.45, 2.75) is 31.3 Å². The molecule has 0 bridgehead atoms. The average molecular weight is 518 g/mol. The Balaban J connectivity index is 1.27. The number of carbonyl (C=O) groups excluding carboxylic acids is 1. The molecule has 0 saturated heterocycles. The Bertz CT molecular complexity index is 1410. The first-order valence-corrected chi connectivity index (χ1v) is 12.9. The third kappa shape index (κ3) is 4.74. The minimum Gasteiger partial charge on any atom is -0.481 e. The monoisotopic (exact) mass is 517 g/mol. The number of halogens is 1. The summed E-state index contributed by atoms with van der Waals surface area (Å²) in [6.45, 7) is 1.79. The lowest BCUT2D eigenvalue weighted by Gasteiger charge is -2.15. The van der Waals surface area contributed by atoms with Gasteiger partial charge in [0.2, 0.25) is 0 Å². The highest BCUT2D eigenvalue weighted by atomic mass is 35.5. The average Bonchev–Trinajstić information content (AvgIpc) is 3.58. The molecule has 1 saturated carbocycles. The normalized spacial score (nSPS) is 14.6. The number of amides is 1. The van der Waals surface area contributed by atoms with Crippen LogP contribution in [-0.4, -0.2) is 17.2 Å². The molecule has 182 valence electrons. The van der Waals surface area contributed by atoms with E-state index in [1.165, 1.54) is 11.3 Å². The van der Waals surface area contributed by atoms with Gasteiger partial charge in [0.05, 0.1) is 5.41 Å². The maximum Gasteiger partial charge on any atom is 0.412 e. The van der Waals surface area contributed by atoms with Gasteiger partial charge in [0, 0.05) is 16.1 Å². The van der Waals surface area contributed by atoms with Crippen LogP contribution >= 0.6 is 22.9 Å². The van der Waals surface area contributed by atoms with Gasteiger partial charge in [-0.05, 0) is 59.5 Å². The Morgan fingerprint density at radius 2 is 1.56 bits per heavy atom. The van der Waals surface area contributed by atoms with Gasteiger partial charge in [0.1, 0.15) is 11.1 Å². The zero-order valence-electron chi connectivity index (χ0n) is 19.5. The van der Waals surface area contributed by atoms with Gasteiger partial charge in [0.15, 0.2) is 0 Å². The van der Waals surface area contributed by atoms with E-state index < -0.39 is 23.6 Å². The Hall–Kier alpha value is -3.61. The van der Waals surface area contributed by atoms with Gasteiger partial charge in [-0.25, -0.2) is 4.79 Å². The Labute approximate surface area is 218 Å². The Kier molecular flexibility index (Phi) is 6.56. The van der Waals surface area contributed by atoms with E-state index in [0.717, 1.165) is 33.4 Å². The van der Waals surface area contributed by atoms with Gasteiger partial charge in [-0.15, -0.1) is 11.3 Å². The van der Waals surface area contributed by atoms with E-state index in [4.69, 9.17) is 16.3 Å². The number of hydrogen-bond acceptors (Lipinski definition) is 4. The highest BCUT2D eigenvalue weighted by Crippen LogP contribution is 2.48. The third-order valence-electron chi connectivity index (χ3n) is 6.63. The zero-order chi connectivity index (χ0) is 25.3. The summed E-state index contributed by atoms with van der Waals surface area (Å²) in [5.41, 5.74) is 4.84. The standard InChI is InChI=1S/C29H24ClNO4S/c1-18(23-4-2-3-5-25(23)30)35-28(34)31-26-24(14-17-36-26)21-8-6-19(7-9-21)20-10-12-22(13-11-20)29(15-16-29)27(32)33/h2-14,17-18H,15-16H2,1H3,(H,31,34)(H,32,33)/t18-/m1/s1. The van der Waals surface area contributed by atoms with Crippen LogP contribution in [0, 0.1) is 0 Å². The summed E-state index contributed by atoms with van der Waals surface area (Å²) in [7, 11) is 0. The first-order valence-electron chi connectivity index (χ1n) is 11.6. The van der Waals surface area contributed by atoms with Crippen LogP contribution in [0.4, 0.5) is 9.80 Å². The van der Waals surface area contributed by atoms with Crippen LogP contribution in [0.5, 0.6) is 0 Å². The van der Waals surface area contributed by atoms with Crippen LogP contribution in [0.2, 0.25) is 5.02 Å². The molecule has 1 amide bonds. The summed E-state index contributed by atoms with van der Waals surface area (Å²) >= 11 is 7.64. The SMILES string of the molecule is C[C@@H](OC(=O)Nc1sccc1-c1ccc(-c2ccc(C3(C(=O)O)CC3)cc2)cc1)c1ccccc1Cl. The number of ether oxygens (including phenoxy) is 1. The van der Waals surface area contributed by atoms with Gasteiger partial charge in [-0.2, -0.15) is 0 Å². The molecule has 5 nitrogen and oxygen atoms in total. The zero-order valence-corrected chi connectivity index (χ0v) is 21.1. The van der Waals surface area contributed by atoms with Gasteiger partial charge in [-0.1, -0.05) is 78.3 Å². The fourth-order valence-electron chi connectivity index (χ4n) is 4.36. The summed E-state index contributed by atoms with van der Waals surface area (Å²) < 4.78 is 5.55. The summed E-state index contributed by atoms with van der Waals surface area (Å²) in [6.07, 6.45) is 0.357. The summed E-state index contributed by atoms with van der Waals surface area (Å²) in [5.74, 6) is -0.748. The molecule has 36 heavy (non-hydrogen) atoms. The highest BCUT2D eigenvalue weighted by Gasteiger charge is 2.51. The number of benzene rings is 3. The third-order valence-corrected chi connectivity index (χ3v) is 7.81. The van der Waals surface area contributed by atoms with Crippen molar-refractivity contribution < 1.29 is 19.4 Å². The Morgan fingerprint density at radius 3 is 2.17 bits per heavy atom. The lowest BCUT2D eigenvalue weighted by molar-refractivity contribution is -0.140. The number of nitrogens with one attached hydrogen (secondary N) is 1. The van der Waals surface area contributed by atoms with Crippen molar-refractivity contribution in [1.29, 1.82) is 0 Å². The van der Waals surface area contributed by atoms with Crippen molar-refractivity contribution in [1.82, 2.24) is 0 Å². The number of rotatable bonds is 7. The van der Waals surface area contributed by atoms with E-state index in [2.05, 4.69) is 5.32 Å². The second-order valence-electron chi connectivity index (χ2n) is 8.90. The lowest BCUT2D eigenvalue weighted by Crippen LogP contribution is -2.19. The van der Waals surface area contributed by atoms with Crippen molar-refractivity contribution in [2.75, 3.05) is 5.32 Å². The highest BCUT2D eigenvalue weighted by molar-refractivity contribution is 7.15. The number of aliphatic carboxylic acids is 1.